The van der Waals surface area contributed by atoms with Gasteiger partial charge in [0.15, 0.2) is 0 Å². The molecule has 49 heavy (non-hydrogen) atoms. The van der Waals surface area contributed by atoms with Crippen LogP contribution in [0.25, 0.3) is 73.6 Å². The molecule has 0 spiro atoms. The average Bonchev–Trinajstić information content (AvgIpc) is 3.84. The Kier molecular flexibility index (Phi) is 8.45. The number of hydrogen-bond acceptors (Lipinski definition) is 6. The van der Waals surface area contributed by atoms with E-state index in [9.17, 15) is 0 Å². The first-order valence-corrected chi connectivity index (χ1v) is 16.3. The lowest BCUT2D eigenvalue weighted by molar-refractivity contribution is 0.584. The minimum atomic E-state index is 0.129. The summed E-state index contributed by atoms with van der Waals surface area (Å²) < 4.78 is 12.1. The zero-order valence-corrected chi connectivity index (χ0v) is 28.0. The van der Waals surface area contributed by atoms with Crippen LogP contribution in [0.15, 0.2) is 149 Å². The summed E-state index contributed by atoms with van der Waals surface area (Å²) in [7, 11) is 0. The van der Waals surface area contributed by atoms with Gasteiger partial charge in [-0.1, -0.05) is 112 Å². The van der Waals surface area contributed by atoms with E-state index in [0.717, 1.165) is 50.1 Å². The first kappa shape index (κ1) is 31.5. The van der Waals surface area contributed by atoms with Crippen LogP contribution in [0.2, 0.25) is 0 Å². The van der Waals surface area contributed by atoms with Gasteiger partial charge in [0.25, 0.3) is 0 Å². The Bertz CT molecular complexity index is 2230. The normalized spacial score (nSPS) is 11.9. The van der Waals surface area contributed by atoms with Crippen molar-refractivity contribution in [3.63, 3.8) is 0 Å². The number of allylic oxidation sites excluding steroid dienone is 3. The smallest absolute Gasteiger partial charge is 0.248 e. The molecule has 6 nitrogen and oxygen atoms in total. The Morgan fingerprint density at radius 2 is 0.755 bits per heavy atom. The summed E-state index contributed by atoms with van der Waals surface area (Å²) in [6, 6.07) is 41.1. The number of hydrogen-bond donors (Lipinski definition) is 0. The molecule has 0 N–H and O–H groups in total. The lowest BCUT2D eigenvalue weighted by atomic mass is 9.86. The SMILES string of the molecule is C=C/C(=C\C)c1ccc(-c2nnc(-c3ccc(-c4ccc(-c5nnc(-c6ccc(-c7ccc(C(C)(C)C)cc7)cc6)o5)cc4)cc3)o2)cc1. The van der Waals surface area contributed by atoms with Crippen LogP contribution in [0.4, 0.5) is 0 Å². The van der Waals surface area contributed by atoms with Gasteiger partial charge in [0.2, 0.25) is 23.6 Å². The van der Waals surface area contributed by atoms with Crippen molar-refractivity contribution < 1.29 is 8.83 Å². The molecular weight excluding hydrogens is 604 g/mol. The van der Waals surface area contributed by atoms with Crippen molar-refractivity contribution in [2.24, 2.45) is 0 Å². The summed E-state index contributed by atoms with van der Waals surface area (Å²) in [6.45, 7) is 12.5. The van der Waals surface area contributed by atoms with Crippen LogP contribution in [-0.2, 0) is 5.41 Å². The third-order valence-electron chi connectivity index (χ3n) is 8.66. The maximum atomic E-state index is 6.07. The second-order valence-electron chi connectivity index (χ2n) is 12.9. The van der Waals surface area contributed by atoms with Crippen molar-refractivity contribution in [2.45, 2.75) is 33.1 Å². The van der Waals surface area contributed by atoms with Crippen LogP contribution in [0.3, 0.4) is 0 Å². The molecule has 0 aliphatic carbocycles. The van der Waals surface area contributed by atoms with Crippen molar-refractivity contribution in [2.75, 3.05) is 0 Å². The van der Waals surface area contributed by atoms with Gasteiger partial charge in [-0.15, -0.1) is 20.4 Å². The van der Waals surface area contributed by atoms with Crippen LogP contribution in [0.5, 0.6) is 0 Å². The fourth-order valence-corrected chi connectivity index (χ4v) is 5.70. The van der Waals surface area contributed by atoms with E-state index in [1.165, 1.54) is 11.1 Å². The molecule has 7 rings (SSSR count). The van der Waals surface area contributed by atoms with Crippen LogP contribution < -0.4 is 0 Å². The lowest BCUT2D eigenvalue weighted by Gasteiger charge is -2.19. The number of nitrogens with zero attached hydrogens (tertiary/aromatic N) is 4. The highest BCUT2D eigenvalue weighted by Crippen LogP contribution is 2.31. The predicted molar refractivity (Wildman–Crippen MR) is 197 cm³/mol. The van der Waals surface area contributed by atoms with Crippen LogP contribution in [-0.4, -0.2) is 20.4 Å². The summed E-state index contributed by atoms with van der Waals surface area (Å²) in [4.78, 5) is 0. The van der Waals surface area contributed by atoms with Crippen molar-refractivity contribution in [1.29, 1.82) is 0 Å². The molecule has 0 amide bonds. The molecule has 0 aliphatic heterocycles. The van der Waals surface area contributed by atoms with Gasteiger partial charge in [0.05, 0.1) is 0 Å². The van der Waals surface area contributed by atoms with Gasteiger partial charge in [-0.25, -0.2) is 0 Å². The van der Waals surface area contributed by atoms with E-state index < -0.39 is 0 Å². The van der Waals surface area contributed by atoms with Crippen LogP contribution in [0, 0.1) is 0 Å². The van der Waals surface area contributed by atoms with E-state index in [4.69, 9.17) is 8.83 Å². The molecule has 0 saturated carbocycles. The maximum Gasteiger partial charge on any atom is 0.248 e. The average molecular weight is 641 g/mol. The van der Waals surface area contributed by atoms with Crippen LogP contribution in [0.1, 0.15) is 38.8 Å². The zero-order chi connectivity index (χ0) is 34.0. The van der Waals surface area contributed by atoms with Crippen LogP contribution >= 0.6 is 0 Å². The molecule has 2 aromatic heterocycles. The third-order valence-corrected chi connectivity index (χ3v) is 8.66. The van der Waals surface area contributed by atoms with E-state index in [0.29, 0.717) is 23.6 Å². The molecular formula is C43H36N4O2. The highest BCUT2D eigenvalue weighted by molar-refractivity contribution is 5.75. The van der Waals surface area contributed by atoms with Gasteiger partial charge in [-0.3, -0.25) is 0 Å². The van der Waals surface area contributed by atoms with Gasteiger partial charge < -0.3 is 8.83 Å². The van der Waals surface area contributed by atoms with E-state index >= 15 is 0 Å². The van der Waals surface area contributed by atoms with E-state index in [1.54, 1.807) is 0 Å². The zero-order valence-electron chi connectivity index (χ0n) is 28.0. The summed E-state index contributed by atoms with van der Waals surface area (Å²) >= 11 is 0. The number of aromatic nitrogens is 4. The molecule has 0 atom stereocenters. The number of rotatable bonds is 8. The standard InChI is InChI=1S/C43H36N4O2/c1-6-28(7-2)29-8-16-34(17-9-29)39-44-45-40(48-39)35-18-10-30(11-19-35)31-12-20-36(21-13-31)41-46-47-42(49-41)37-22-14-32(15-23-37)33-24-26-38(27-25-33)43(3,4)5/h6-27H,1H2,2-5H3/b28-7+. The highest BCUT2D eigenvalue weighted by Gasteiger charge is 2.15. The molecule has 6 heteroatoms. The topological polar surface area (TPSA) is 77.8 Å². The highest BCUT2D eigenvalue weighted by atomic mass is 16.4. The number of benzene rings is 5. The molecule has 5 aromatic carbocycles. The van der Waals surface area contributed by atoms with Crippen molar-refractivity contribution >= 4 is 5.57 Å². The van der Waals surface area contributed by atoms with E-state index in [-0.39, 0.29) is 5.41 Å². The summed E-state index contributed by atoms with van der Waals surface area (Å²) in [5, 5.41) is 17.2. The third kappa shape index (κ3) is 6.67. The first-order valence-electron chi connectivity index (χ1n) is 16.3. The largest absolute Gasteiger partial charge is 0.416 e. The fourth-order valence-electron chi connectivity index (χ4n) is 5.70. The van der Waals surface area contributed by atoms with Crippen molar-refractivity contribution in [3.05, 3.63) is 151 Å². The van der Waals surface area contributed by atoms with Gasteiger partial charge in [0, 0.05) is 22.3 Å². The summed E-state index contributed by atoms with van der Waals surface area (Å²) in [6.07, 6.45) is 3.87. The predicted octanol–water partition coefficient (Wildman–Crippen LogP) is 11.3. The molecule has 0 radical (unpaired) electrons. The molecule has 0 unspecified atom stereocenters. The summed E-state index contributed by atoms with van der Waals surface area (Å²) in [5.41, 5.74) is 11.5. The molecule has 0 saturated heterocycles. The second kappa shape index (κ2) is 13.2. The monoisotopic (exact) mass is 640 g/mol. The van der Waals surface area contributed by atoms with Gasteiger partial charge in [0.1, 0.15) is 0 Å². The Balaban J connectivity index is 1.01. The molecule has 0 aliphatic rings. The van der Waals surface area contributed by atoms with Crippen molar-refractivity contribution in [3.8, 4) is 68.1 Å². The van der Waals surface area contributed by atoms with E-state index in [1.807, 2.05) is 104 Å². The van der Waals surface area contributed by atoms with Gasteiger partial charge in [-0.2, -0.15) is 0 Å². The Labute approximate surface area is 286 Å². The Morgan fingerprint density at radius 3 is 1.04 bits per heavy atom. The maximum absolute atomic E-state index is 6.07. The molecule has 240 valence electrons. The minimum Gasteiger partial charge on any atom is -0.416 e. The van der Waals surface area contributed by atoms with E-state index in [2.05, 4.69) is 84.1 Å². The first-order chi connectivity index (χ1) is 23.8. The lowest BCUT2D eigenvalue weighted by Crippen LogP contribution is -2.10. The quantitative estimate of drug-likeness (QED) is 0.154. The Hall–Kier alpha value is -6.14. The fraction of sp³-hybridized carbons (Fsp3) is 0.116. The molecule has 0 bridgehead atoms. The molecule has 0 fully saturated rings. The second-order valence-corrected chi connectivity index (χ2v) is 12.9. The van der Waals surface area contributed by atoms with Gasteiger partial charge in [-0.05, 0) is 99.8 Å². The van der Waals surface area contributed by atoms with Gasteiger partial charge >= 0.3 is 0 Å². The molecule has 7 aromatic rings. The Morgan fingerprint density at radius 1 is 0.469 bits per heavy atom. The van der Waals surface area contributed by atoms with Crippen molar-refractivity contribution in [1.82, 2.24) is 20.4 Å². The molecule has 2 heterocycles. The summed E-state index contributed by atoms with van der Waals surface area (Å²) in [5.74, 6) is 1.91. The minimum absolute atomic E-state index is 0.129.